The Bertz CT molecular complexity index is 196. The van der Waals surface area contributed by atoms with Crippen LogP contribution in [0.1, 0.15) is 26.2 Å². The number of carbonyl (C=O) groups is 1. The first kappa shape index (κ1) is 14.6. The van der Waals surface area contributed by atoms with Gasteiger partial charge in [-0.3, -0.25) is 4.79 Å². The Labute approximate surface area is 92.2 Å². The van der Waals surface area contributed by atoms with E-state index >= 15 is 0 Å². The normalized spacial score (nSPS) is 13.7. The van der Waals surface area contributed by atoms with Crippen molar-refractivity contribution in [2.75, 3.05) is 12.4 Å². The first-order valence-corrected chi connectivity index (χ1v) is 5.28. The summed E-state index contributed by atoms with van der Waals surface area (Å²) in [6, 6.07) is 0. The second-order valence-corrected chi connectivity index (χ2v) is 3.85. The number of carbonyl (C=O) groups excluding carboxylic acids is 1. The fourth-order valence-corrected chi connectivity index (χ4v) is 1.15. The molecule has 0 radical (unpaired) electrons. The third-order valence-electron chi connectivity index (χ3n) is 1.82. The molecule has 15 heavy (non-hydrogen) atoms. The molecule has 0 aromatic carbocycles. The van der Waals surface area contributed by atoms with Crippen molar-refractivity contribution in [2.45, 2.75) is 32.4 Å². The summed E-state index contributed by atoms with van der Waals surface area (Å²) in [5.41, 5.74) is 0. The van der Waals surface area contributed by atoms with Gasteiger partial charge in [-0.15, -0.1) is 11.6 Å². The molecule has 0 rings (SSSR count). The average molecular weight is 246 g/mol. The van der Waals surface area contributed by atoms with E-state index in [1.807, 2.05) is 6.92 Å². The Morgan fingerprint density at radius 2 is 2.07 bits per heavy atom. The molecule has 0 fully saturated rings. The maximum Gasteiger partial charge on any atom is 0.397 e. The maximum absolute atomic E-state index is 11.7. The Balaban J connectivity index is 3.48. The Hall–Kier alpha value is -0.450. The van der Waals surface area contributed by atoms with E-state index in [-0.39, 0.29) is 6.54 Å². The predicted octanol–water partition coefficient (Wildman–Crippen LogP) is 2.71. The van der Waals surface area contributed by atoms with Crippen LogP contribution in [0.2, 0.25) is 0 Å². The standard InChI is InChI=1S/C9H15ClF3NO/c1-7(6-10)3-2-4-14-8(15)5-9(11,12)13/h7H,2-6H2,1H3,(H,14,15). The first-order valence-electron chi connectivity index (χ1n) is 4.74. The molecule has 90 valence electrons. The van der Waals surface area contributed by atoms with E-state index < -0.39 is 18.5 Å². The van der Waals surface area contributed by atoms with Gasteiger partial charge in [0, 0.05) is 12.4 Å². The molecule has 0 saturated carbocycles. The number of hydrogen-bond acceptors (Lipinski definition) is 1. The van der Waals surface area contributed by atoms with Crippen LogP contribution in [0.5, 0.6) is 0 Å². The highest BCUT2D eigenvalue weighted by Crippen LogP contribution is 2.18. The van der Waals surface area contributed by atoms with Gasteiger partial charge in [0.2, 0.25) is 5.91 Å². The van der Waals surface area contributed by atoms with E-state index in [4.69, 9.17) is 11.6 Å². The van der Waals surface area contributed by atoms with E-state index in [0.717, 1.165) is 6.42 Å². The van der Waals surface area contributed by atoms with E-state index in [2.05, 4.69) is 5.32 Å². The summed E-state index contributed by atoms with van der Waals surface area (Å²) >= 11 is 5.54. The third-order valence-corrected chi connectivity index (χ3v) is 2.35. The quantitative estimate of drug-likeness (QED) is 0.566. The molecule has 0 aliphatic carbocycles. The van der Waals surface area contributed by atoms with E-state index in [9.17, 15) is 18.0 Å². The molecular formula is C9H15ClF3NO. The SMILES string of the molecule is CC(CCl)CCCNC(=O)CC(F)(F)F. The lowest BCUT2D eigenvalue weighted by Crippen LogP contribution is -2.29. The van der Waals surface area contributed by atoms with Crippen LogP contribution in [0.3, 0.4) is 0 Å². The highest BCUT2D eigenvalue weighted by Gasteiger charge is 2.30. The van der Waals surface area contributed by atoms with Crippen molar-refractivity contribution in [2.24, 2.45) is 5.92 Å². The summed E-state index contributed by atoms with van der Waals surface area (Å²) in [7, 11) is 0. The Kier molecular flexibility index (Phi) is 6.72. The molecule has 1 N–H and O–H groups in total. The van der Waals surface area contributed by atoms with Gasteiger partial charge in [-0.25, -0.2) is 0 Å². The summed E-state index contributed by atoms with van der Waals surface area (Å²) < 4.78 is 35.2. The third kappa shape index (κ3) is 9.85. The van der Waals surface area contributed by atoms with Crippen molar-refractivity contribution in [3.63, 3.8) is 0 Å². The second-order valence-electron chi connectivity index (χ2n) is 3.54. The lowest BCUT2D eigenvalue weighted by atomic mass is 10.1. The van der Waals surface area contributed by atoms with Crippen LogP contribution in [0, 0.1) is 5.92 Å². The minimum Gasteiger partial charge on any atom is -0.356 e. The van der Waals surface area contributed by atoms with Gasteiger partial charge in [0.15, 0.2) is 0 Å². The number of nitrogens with one attached hydrogen (secondary N) is 1. The van der Waals surface area contributed by atoms with Crippen LogP contribution in [0.25, 0.3) is 0 Å². The molecule has 6 heteroatoms. The fourth-order valence-electron chi connectivity index (χ4n) is 1.00. The number of hydrogen-bond donors (Lipinski definition) is 1. The monoisotopic (exact) mass is 245 g/mol. The zero-order valence-electron chi connectivity index (χ0n) is 8.53. The van der Waals surface area contributed by atoms with E-state index in [1.165, 1.54) is 0 Å². The van der Waals surface area contributed by atoms with Crippen molar-refractivity contribution in [1.82, 2.24) is 5.32 Å². The average Bonchev–Trinajstić information content (AvgIpc) is 2.09. The van der Waals surface area contributed by atoms with Crippen LogP contribution < -0.4 is 5.32 Å². The molecule has 1 amide bonds. The van der Waals surface area contributed by atoms with E-state index in [0.29, 0.717) is 18.2 Å². The second kappa shape index (κ2) is 6.93. The van der Waals surface area contributed by atoms with Crippen molar-refractivity contribution in [3.8, 4) is 0 Å². The molecule has 0 saturated heterocycles. The highest BCUT2D eigenvalue weighted by molar-refractivity contribution is 6.18. The molecule has 0 aliphatic rings. The lowest BCUT2D eigenvalue weighted by Gasteiger charge is -2.09. The van der Waals surface area contributed by atoms with E-state index in [1.54, 1.807) is 0 Å². The topological polar surface area (TPSA) is 29.1 Å². The van der Waals surface area contributed by atoms with Gasteiger partial charge in [0.1, 0.15) is 6.42 Å². The summed E-state index contributed by atoms with van der Waals surface area (Å²) in [6.45, 7) is 2.22. The zero-order chi connectivity index (χ0) is 11.9. The van der Waals surface area contributed by atoms with Crippen molar-refractivity contribution >= 4 is 17.5 Å². The molecule has 2 nitrogen and oxygen atoms in total. The summed E-state index contributed by atoms with van der Waals surface area (Å²) in [4.78, 5) is 10.7. The number of rotatable bonds is 6. The summed E-state index contributed by atoms with van der Waals surface area (Å²) in [5, 5.41) is 2.22. The highest BCUT2D eigenvalue weighted by atomic mass is 35.5. The number of halogens is 4. The molecule has 0 aromatic rings. The van der Waals surface area contributed by atoms with Gasteiger partial charge < -0.3 is 5.32 Å². The molecule has 0 heterocycles. The van der Waals surface area contributed by atoms with Crippen LogP contribution in [0.15, 0.2) is 0 Å². The smallest absolute Gasteiger partial charge is 0.356 e. The fraction of sp³-hybridized carbons (Fsp3) is 0.889. The van der Waals surface area contributed by atoms with Gasteiger partial charge in [-0.1, -0.05) is 6.92 Å². The van der Waals surface area contributed by atoms with Crippen LogP contribution >= 0.6 is 11.6 Å². The first-order chi connectivity index (χ1) is 6.85. The summed E-state index contributed by atoms with van der Waals surface area (Å²) in [6.07, 6.45) is -4.38. The largest absolute Gasteiger partial charge is 0.397 e. The predicted molar refractivity (Wildman–Crippen MR) is 52.8 cm³/mol. The molecule has 1 atom stereocenters. The van der Waals surface area contributed by atoms with Gasteiger partial charge in [-0.2, -0.15) is 13.2 Å². The van der Waals surface area contributed by atoms with Crippen molar-refractivity contribution < 1.29 is 18.0 Å². The van der Waals surface area contributed by atoms with Crippen LogP contribution in [-0.2, 0) is 4.79 Å². The number of alkyl halides is 4. The molecule has 0 aromatic heterocycles. The van der Waals surface area contributed by atoms with Crippen LogP contribution in [-0.4, -0.2) is 24.5 Å². The summed E-state index contributed by atoms with van der Waals surface area (Å²) in [5.74, 6) is -0.122. The maximum atomic E-state index is 11.7. The minimum atomic E-state index is -4.42. The minimum absolute atomic E-state index is 0.274. The zero-order valence-corrected chi connectivity index (χ0v) is 9.29. The molecule has 0 aliphatic heterocycles. The van der Waals surface area contributed by atoms with Gasteiger partial charge in [0.25, 0.3) is 0 Å². The number of amides is 1. The molecule has 1 unspecified atom stereocenters. The van der Waals surface area contributed by atoms with Gasteiger partial charge >= 0.3 is 6.18 Å². The van der Waals surface area contributed by atoms with Gasteiger partial charge in [-0.05, 0) is 18.8 Å². The van der Waals surface area contributed by atoms with Crippen LogP contribution in [0.4, 0.5) is 13.2 Å². The molecule has 0 spiro atoms. The Morgan fingerprint density at radius 1 is 1.47 bits per heavy atom. The van der Waals surface area contributed by atoms with Crippen molar-refractivity contribution in [1.29, 1.82) is 0 Å². The Morgan fingerprint density at radius 3 is 2.53 bits per heavy atom. The molecule has 0 bridgehead atoms. The molecular weight excluding hydrogens is 231 g/mol. The van der Waals surface area contributed by atoms with Crippen molar-refractivity contribution in [3.05, 3.63) is 0 Å². The lowest BCUT2D eigenvalue weighted by molar-refractivity contribution is -0.153. The van der Waals surface area contributed by atoms with Gasteiger partial charge in [0.05, 0.1) is 0 Å².